The van der Waals surface area contributed by atoms with Crippen LogP contribution in [0.5, 0.6) is 0 Å². The van der Waals surface area contributed by atoms with Crippen LogP contribution in [-0.4, -0.2) is 7.05 Å². The summed E-state index contributed by atoms with van der Waals surface area (Å²) < 4.78 is 1.47. The van der Waals surface area contributed by atoms with E-state index in [0.717, 1.165) is 17.8 Å². The molecule has 1 heterocycles. The fourth-order valence-electron chi connectivity index (χ4n) is 4.05. The third-order valence-electron chi connectivity index (χ3n) is 5.39. The van der Waals surface area contributed by atoms with Gasteiger partial charge in [-0.3, -0.25) is 0 Å². The highest BCUT2D eigenvalue weighted by atomic mass is 32.1. The topological polar surface area (TPSA) is 12.0 Å². The zero-order valence-corrected chi connectivity index (χ0v) is 14.2. The van der Waals surface area contributed by atoms with Crippen molar-refractivity contribution in [2.24, 2.45) is 17.8 Å². The van der Waals surface area contributed by atoms with Crippen molar-refractivity contribution in [3.05, 3.63) is 35.2 Å². The first-order valence-electron chi connectivity index (χ1n) is 8.34. The molecule has 1 atom stereocenters. The maximum absolute atomic E-state index is 3.62. The number of nitrogens with one attached hydrogen (secondary N) is 1. The van der Waals surface area contributed by atoms with Gasteiger partial charge in [0, 0.05) is 10.7 Å². The van der Waals surface area contributed by atoms with E-state index in [9.17, 15) is 0 Å². The summed E-state index contributed by atoms with van der Waals surface area (Å²) >= 11 is 1.89. The lowest BCUT2D eigenvalue weighted by Gasteiger charge is -2.35. The highest BCUT2D eigenvalue weighted by molar-refractivity contribution is 7.17. The van der Waals surface area contributed by atoms with E-state index < -0.39 is 0 Å². The second kappa shape index (κ2) is 6.50. The Morgan fingerprint density at radius 1 is 1.05 bits per heavy atom. The largest absolute Gasteiger partial charge is 0.313 e. The minimum Gasteiger partial charge on any atom is -0.313 e. The van der Waals surface area contributed by atoms with Gasteiger partial charge < -0.3 is 5.32 Å². The fraction of sp³-hybridized carbons (Fsp3) is 0.579. The Morgan fingerprint density at radius 3 is 2.43 bits per heavy atom. The molecule has 2 aromatic rings. The lowest BCUT2D eigenvalue weighted by molar-refractivity contribution is 0.193. The van der Waals surface area contributed by atoms with Gasteiger partial charge in [-0.25, -0.2) is 0 Å². The number of hydrogen-bond acceptors (Lipinski definition) is 2. The van der Waals surface area contributed by atoms with Gasteiger partial charge in [0.2, 0.25) is 0 Å². The summed E-state index contributed by atoms with van der Waals surface area (Å²) in [5, 5.41) is 7.24. The predicted molar refractivity (Wildman–Crippen MR) is 93.9 cm³/mol. The summed E-state index contributed by atoms with van der Waals surface area (Å²) in [5.74, 6) is 2.58. The molecule has 0 saturated heterocycles. The molecule has 0 radical (unpaired) electrons. The lowest BCUT2D eigenvalue weighted by atomic mass is 9.73. The monoisotopic (exact) mass is 301 g/mol. The number of fused-ring (bicyclic) bond motifs is 1. The van der Waals surface area contributed by atoms with Crippen LogP contribution in [0.3, 0.4) is 0 Å². The van der Waals surface area contributed by atoms with E-state index in [1.807, 2.05) is 11.3 Å². The average molecular weight is 301 g/mol. The van der Waals surface area contributed by atoms with Crippen LogP contribution in [0.1, 0.15) is 51.1 Å². The molecule has 1 N–H and O–H groups in total. The second-order valence-corrected chi connectivity index (χ2v) is 7.79. The van der Waals surface area contributed by atoms with Crippen LogP contribution >= 0.6 is 11.3 Å². The Labute approximate surface area is 132 Å². The lowest BCUT2D eigenvalue weighted by Crippen LogP contribution is -2.29. The molecule has 1 aliphatic rings. The second-order valence-electron chi connectivity index (χ2n) is 6.87. The van der Waals surface area contributed by atoms with Crippen LogP contribution in [-0.2, 0) is 0 Å². The van der Waals surface area contributed by atoms with Gasteiger partial charge in [0.1, 0.15) is 0 Å². The van der Waals surface area contributed by atoms with Crippen LogP contribution in [0.4, 0.5) is 0 Å². The zero-order chi connectivity index (χ0) is 14.8. The van der Waals surface area contributed by atoms with E-state index >= 15 is 0 Å². The molecule has 1 aliphatic carbocycles. The van der Waals surface area contributed by atoms with E-state index in [2.05, 4.69) is 55.9 Å². The molecule has 1 saturated carbocycles. The molecule has 114 valence electrons. The molecule has 1 aromatic heterocycles. The predicted octanol–water partition coefficient (Wildman–Crippen LogP) is 5.62. The molecule has 0 spiro atoms. The SMILES string of the molecule is CNC(c1cccc2ccsc12)C1CCC(C(C)C)CC1. The van der Waals surface area contributed by atoms with E-state index in [0.29, 0.717) is 6.04 Å². The van der Waals surface area contributed by atoms with Gasteiger partial charge in [-0.1, -0.05) is 32.0 Å². The van der Waals surface area contributed by atoms with Crippen LogP contribution in [0, 0.1) is 17.8 Å². The van der Waals surface area contributed by atoms with Gasteiger partial charge in [-0.05, 0) is 72.9 Å². The van der Waals surface area contributed by atoms with Gasteiger partial charge in [-0.2, -0.15) is 0 Å². The van der Waals surface area contributed by atoms with E-state index in [1.54, 1.807) is 0 Å². The molecule has 0 aliphatic heterocycles. The summed E-state index contributed by atoms with van der Waals surface area (Å²) in [6.45, 7) is 4.76. The van der Waals surface area contributed by atoms with Crippen molar-refractivity contribution < 1.29 is 0 Å². The normalized spacial score (nSPS) is 24.6. The standard InChI is InChI=1S/C19H27NS/c1-13(2)14-7-9-15(10-8-14)18(20-3)17-6-4-5-16-11-12-21-19(16)17/h4-6,11-15,18,20H,7-10H2,1-3H3. The number of thiophene rings is 1. The van der Waals surface area contributed by atoms with Crippen molar-refractivity contribution in [3.63, 3.8) is 0 Å². The van der Waals surface area contributed by atoms with E-state index in [4.69, 9.17) is 0 Å². The molecule has 3 rings (SSSR count). The molecule has 0 amide bonds. The van der Waals surface area contributed by atoms with Crippen molar-refractivity contribution in [3.8, 4) is 0 Å². The summed E-state index contributed by atoms with van der Waals surface area (Å²) in [6, 6.07) is 9.53. The number of hydrogen-bond donors (Lipinski definition) is 1. The smallest absolute Gasteiger partial charge is 0.0390 e. The third-order valence-corrected chi connectivity index (χ3v) is 6.37. The minimum absolute atomic E-state index is 0.514. The van der Waals surface area contributed by atoms with Crippen LogP contribution in [0.2, 0.25) is 0 Å². The van der Waals surface area contributed by atoms with Crippen molar-refractivity contribution in [2.45, 2.75) is 45.6 Å². The van der Waals surface area contributed by atoms with Crippen LogP contribution in [0.25, 0.3) is 10.1 Å². The highest BCUT2D eigenvalue weighted by Crippen LogP contribution is 2.41. The molecular formula is C19H27NS. The Morgan fingerprint density at radius 2 is 1.76 bits per heavy atom. The van der Waals surface area contributed by atoms with Crippen molar-refractivity contribution in [2.75, 3.05) is 7.05 Å². The Kier molecular flexibility index (Phi) is 4.66. The van der Waals surface area contributed by atoms with Crippen LogP contribution < -0.4 is 5.32 Å². The molecule has 1 unspecified atom stereocenters. The summed E-state index contributed by atoms with van der Waals surface area (Å²) in [7, 11) is 2.13. The Hall–Kier alpha value is -0.860. The Bertz CT molecular complexity index is 578. The fourth-order valence-corrected chi connectivity index (χ4v) is 5.01. The summed E-state index contributed by atoms with van der Waals surface area (Å²) in [5.41, 5.74) is 1.51. The summed E-state index contributed by atoms with van der Waals surface area (Å²) in [6.07, 6.45) is 5.55. The van der Waals surface area contributed by atoms with Crippen LogP contribution in [0.15, 0.2) is 29.6 Å². The maximum atomic E-state index is 3.62. The van der Waals surface area contributed by atoms with E-state index in [1.165, 1.54) is 41.3 Å². The van der Waals surface area contributed by atoms with Gasteiger partial charge >= 0.3 is 0 Å². The Balaban J connectivity index is 1.81. The molecular weight excluding hydrogens is 274 g/mol. The quantitative estimate of drug-likeness (QED) is 0.772. The average Bonchev–Trinajstić information content (AvgIpc) is 2.98. The zero-order valence-electron chi connectivity index (χ0n) is 13.4. The molecule has 1 fully saturated rings. The minimum atomic E-state index is 0.514. The number of rotatable bonds is 4. The van der Waals surface area contributed by atoms with Crippen molar-refractivity contribution in [1.29, 1.82) is 0 Å². The van der Waals surface area contributed by atoms with Crippen molar-refractivity contribution >= 4 is 21.4 Å². The molecule has 0 bridgehead atoms. The van der Waals surface area contributed by atoms with E-state index in [-0.39, 0.29) is 0 Å². The highest BCUT2D eigenvalue weighted by Gasteiger charge is 2.29. The first-order chi connectivity index (χ1) is 10.2. The number of benzene rings is 1. The van der Waals surface area contributed by atoms with Gasteiger partial charge in [0.05, 0.1) is 0 Å². The van der Waals surface area contributed by atoms with Gasteiger partial charge in [0.15, 0.2) is 0 Å². The van der Waals surface area contributed by atoms with Crippen molar-refractivity contribution in [1.82, 2.24) is 5.32 Å². The first kappa shape index (κ1) is 15.1. The molecule has 1 nitrogen and oxygen atoms in total. The first-order valence-corrected chi connectivity index (χ1v) is 9.22. The van der Waals surface area contributed by atoms with Gasteiger partial charge in [0.25, 0.3) is 0 Å². The summed E-state index contributed by atoms with van der Waals surface area (Å²) in [4.78, 5) is 0. The maximum Gasteiger partial charge on any atom is 0.0390 e. The molecule has 21 heavy (non-hydrogen) atoms. The van der Waals surface area contributed by atoms with Gasteiger partial charge in [-0.15, -0.1) is 11.3 Å². The molecule has 1 aromatic carbocycles. The molecule has 2 heteroatoms. The third kappa shape index (κ3) is 3.02.